The molecule has 0 aliphatic carbocycles. The summed E-state index contributed by atoms with van der Waals surface area (Å²) in [5.41, 5.74) is 5.01. The molecule has 0 bridgehead atoms. The van der Waals surface area contributed by atoms with Crippen LogP contribution in [0.15, 0.2) is 72.4 Å². The van der Waals surface area contributed by atoms with Crippen molar-refractivity contribution in [1.29, 1.82) is 0 Å². The van der Waals surface area contributed by atoms with E-state index in [2.05, 4.69) is 53.6 Å². The third kappa shape index (κ3) is 4.68. The normalized spacial score (nSPS) is 11.4. The highest BCUT2D eigenvalue weighted by molar-refractivity contribution is 7.14. The van der Waals surface area contributed by atoms with Gasteiger partial charge >= 0.3 is 0 Å². The standard InChI is InChI=1S/C25H22ClN3OS/c1-25(2,3)21-14-17(9-11-27-21)20-13-18(15-31-20)19-10-12-28-23(26)22(19)29-24(30)16-7-5-4-6-8-16/h4-15H,1-3H3,(H,29,30). The van der Waals surface area contributed by atoms with Crippen LogP contribution in [0, 0.1) is 0 Å². The minimum atomic E-state index is -0.226. The molecular weight excluding hydrogens is 426 g/mol. The summed E-state index contributed by atoms with van der Waals surface area (Å²) in [6.45, 7) is 6.46. The highest BCUT2D eigenvalue weighted by Gasteiger charge is 2.18. The zero-order chi connectivity index (χ0) is 22.0. The number of halogens is 1. The summed E-state index contributed by atoms with van der Waals surface area (Å²) < 4.78 is 0. The Balaban J connectivity index is 1.68. The molecule has 4 rings (SSSR count). The molecule has 3 aromatic heterocycles. The summed E-state index contributed by atoms with van der Waals surface area (Å²) in [4.78, 5) is 22.5. The van der Waals surface area contributed by atoms with Crippen molar-refractivity contribution < 1.29 is 4.79 Å². The van der Waals surface area contributed by atoms with E-state index in [0.717, 1.165) is 27.3 Å². The van der Waals surface area contributed by atoms with Gasteiger partial charge in [-0.25, -0.2) is 4.98 Å². The molecule has 1 N–H and O–H groups in total. The van der Waals surface area contributed by atoms with Gasteiger partial charge in [0, 0.05) is 39.5 Å². The van der Waals surface area contributed by atoms with Crippen molar-refractivity contribution in [2.45, 2.75) is 26.2 Å². The number of carbonyl (C=O) groups excluding carboxylic acids is 1. The largest absolute Gasteiger partial charge is 0.319 e. The van der Waals surface area contributed by atoms with Gasteiger partial charge in [-0.15, -0.1) is 11.3 Å². The number of anilines is 1. The number of aromatic nitrogens is 2. The van der Waals surface area contributed by atoms with Crippen LogP contribution in [0.5, 0.6) is 0 Å². The van der Waals surface area contributed by atoms with Gasteiger partial charge in [-0.1, -0.05) is 50.6 Å². The van der Waals surface area contributed by atoms with Crippen LogP contribution in [0.25, 0.3) is 21.6 Å². The van der Waals surface area contributed by atoms with Crippen LogP contribution in [-0.4, -0.2) is 15.9 Å². The van der Waals surface area contributed by atoms with Crippen molar-refractivity contribution in [2.24, 2.45) is 0 Å². The van der Waals surface area contributed by atoms with Gasteiger partial charge < -0.3 is 5.32 Å². The first-order valence-corrected chi connectivity index (χ1v) is 11.2. The first kappa shape index (κ1) is 21.2. The number of hydrogen-bond donors (Lipinski definition) is 1. The average Bonchev–Trinajstić information content (AvgIpc) is 3.25. The van der Waals surface area contributed by atoms with E-state index in [1.165, 1.54) is 0 Å². The number of rotatable bonds is 4. The predicted molar refractivity (Wildman–Crippen MR) is 129 cm³/mol. The van der Waals surface area contributed by atoms with Gasteiger partial charge in [-0.05, 0) is 52.9 Å². The lowest BCUT2D eigenvalue weighted by Crippen LogP contribution is -2.13. The summed E-state index contributed by atoms with van der Waals surface area (Å²) >= 11 is 8.02. The monoisotopic (exact) mass is 447 g/mol. The van der Waals surface area contributed by atoms with Crippen molar-refractivity contribution in [1.82, 2.24) is 9.97 Å². The maximum Gasteiger partial charge on any atom is 0.255 e. The molecule has 4 nitrogen and oxygen atoms in total. The SMILES string of the molecule is CC(C)(C)c1cc(-c2cc(-c3ccnc(Cl)c3NC(=O)c3ccccc3)cs2)ccn1. The molecule has 0 fully saturated rings. The topological polar surface area (TPSA) is 54.9 Å². The van der Waals surface area contributed by atoms with Crippen LogP contribution >= 0.6 is 22.9 Å². The zero-order valence-electron chi connectivity index (χ0n) is 17.5. The molecule has 0 unspecified atom stereocenters. The second-order valence-corrected chi connectivity index (χ2v) is 9.49. The van der Waals surface area contributed by atoms with Gasteiger partial charge in [0.05, 0.1) is 5.69 Å². The molecule has 0 radical (unpaired) electrons. The van der Waals surface area contributed by atoms with Crippen LogP contribution in [0.1, 0.15) is 36.8 Å². The Morgan fingerprint density at radius 1 is 0.968 bits per heavy atom. The highest BCUT2D eigenvalue weighted by Crippen LogP contribution is 2.38. The van der Waals surface area contributed by atoms with Crippen molar-refractivity contribution >= 4 is 34.5 Å². The lowest BCUT2D eigenvalue weighted by atomic mass is 9.90. The second-order valence-electron chi connectivity index (χ2n) is 8.22. The molecule has 4 aromatic rings. The lowest BCUT2D eigenvalue weighted by Gasteiger charge is -2.17. The van der Waals surface area contributed by atoms with Gasteiger partial charge in [0.15, 0.2) is 5.15 Å². The van der Waals surface area contributed by atoms with E-state index in [1.807, 2.05) is 36.5 Å². The Kier molecular flexibility index (Phi) is 5.90. The number of hydrogen-bond acceptors (Lipinski definition) is 4. The fourth-order valence-corrected chi connectivity index (χ4v) is 4.31. The number of benzene rings is 1. The molecular formula is C25H22ClN3OS. The van der Waals surface area contributed by atoms with Crippen LogP contribution in [-0.2, 0) is 5.41 Å². The average molecular weight is 448 g/mol. The minimum Gasteiger partial charge on any atom is -0.319 e. The van der Waals surface area contributed by atoms with Gasteiger partial charge in [-0.3, -0.25) is 9.78 Å². The molecule has 0 aliphatic heterocycles. The molecule has 0 spiro atoms. The molecule has 0 aliphatic rings. The lowest BCUT2D eigenvalue weighted by molar-refractivity contribution is 0.102. The maximum absolute atomic E-state index is 12.7. The molecule has 1 amide bonds. The third-order valence-electron chi connectivity index (χ3n) is 4.90. The molecule has 156 valence electrons. The van der Waals surface area contributed by atoms with Crippen molar-refractivity contribution in [3.63, 3.8) is 0 Å². The quantitative estimate of drug-likeness (QED) is 0.340. The number of amides is 1. The molecule has 0 saturated heterocycles. The summed E-state index contributed by atoms with van der Waals surface area (Å²) in [6, 6.07) is 17.2. The maximum atomic E-state index is 12.7. The smallest absolute Gasteiger partial charge is 0.255 e. The van der Waals surface area contributed by atoms with E-state index in [-0.39, 0.29) is 16.5 Å². The Morgan fingerprint density at radius 2 is 1.71 bits per heavy atom. The minimum absolute atomic E-state index is 0.0242. The first-order valence-electron chi connectivity index (χ1n) is 9.89. The Hall–Kier alpha value is -3.02. The summed E-state index contributed by atoms with van der Waals surface area (Å²) in [5.74, 6) is -0.226. The number of nitrogens with one attached hydrogen (secondary N) is 1. The molecule has 1 aromatic carbocycles. The van der Waals surface area contributed by atoms with Gasteiger partial charge in [0.2, 0.25) is 0 Å². The van der Waals surface area contributed by atoms with Crippen LogP contribution in [0.2, 0.25) is 5.15 Å². The first-order chi connectivity index (χ1) is 14.8. The fourth-order valence-electron chi connectivity index (χ4n) is 3.19. The van der Waals surface area contributed by atoms with Gasteiger partial charge in [0.1, 0.15) is 0 Å². The highest BCUT2D eigenvalue weighted by atomic mass is 35.5. The zero-order valence-corrected chi connectivity index (χ0v) is 19.1. The molecule has 0 saturated carbocycles. The number of pyridine rings is 2. The molecule has 3 heterocycles. The Morgan fingerprint density at radius 3 is 2.45 bits per heavy atom. The van der Waals surface area contributed by atoms with E-state index in [4.69, 9.17) is 11.6 Å². The molecule has 0 atom stereocenters. The van der Waals surface area contributed by atoms with Crippen molar-refractivity contribution in [2.75, 3.05) is 5.32 Å². The van der Waals surface area contributed by atoms with Crippen LogP contribution in [0.4, 0.5) is 5.69 Å². The number of nitrogens with zero attached hydrogens (tertiary/aromatic N) is 2. The van der Waals surface area contributed by atoms with Crippen LogP contribution in [0.3, 0.4) is 0 Å². The van der Waals surface area contributed by atoms with Crippen LogP contribution < -0.4 is 5.32 Å². The predicted octanol–water partition coefficient (Wildman–Crippen LogP) is 7.08. The van der Waals surface area contributed by atoms with Crippen molar-refractivity contribution in [3.05, 3.63) is 88.8 Å². The summed E-state index contributed by atoms with van der Waals surface area (Å²) in [7, 11) is 0. The van der Waals surface area contributed by atoms with Gasteiger partial charge in [0.25, 0.3) is 5.91 Å². The summed E-state index contributed by atoms with van der Waals surface area (Å²) in [5, 5.41) is 5.26. The Labute approximate surface area is 191 Å². The van der Waals surface area contributed by atoms with E-state index < -0.39 is 0 Å². The van der Waals surface area contributed by atoms with E-state index in [9.17, 15) is 4.79 Å². The van der Waals surface area contributed by atoms with E-state index >= 15 is 0 Å². The summed E-state index contributed by atoms with van der Waals surface area (Å²) in [6.07, 6.45) is 3.50. The Bertz CT molecular complexity index is 1230. The molecule has 31 heavy (non-hydrogen) atoms. The van der Waals surface area contributed by atoms with Crippen molar-refractivity contribution in [3.8, 4) is 21.6 Å². The fraction of sp³-hybridized carbons (Fsp3) is 0.160. The second kappa shape index (κ2) is 8.61. The number of carbonyl (C=O) groups is 1. The molecule has 6 heteroatoms. The van der Waals surface area contributed by atoms with E-state index in [0.29, 0.717) is 11.3 Å². The van der Waals surface area contributed by atoms with E-state index in [1.54, 1.807) is 29.7 Å². The number of thiophene rings is 1. The third-order valence-corrected chi connectivity index (χ3v) is 6.17. The van der Waals surface area contributed by atoms with Gasteiger partial charge in [-0.2, -0.15) is 0 Å².